The molecule has 0 unspecified atom stereocenters. The molecule has 0 aromatic heterocycles. The number of hydrogen-bond donors (Lipinski definition) is 1. The van der Waals surface area contributed by atoms with Crippen LogP contribution in [0.5, 0.6) is 0 Å². The Kier molecular flexibility index (Phi) is 2.91. The first-order valence-corrected chi connectivity index (χ1v) is 8.13. The Hall–Kier alpha value is -0.820. The molecule has 0 atom stereocenters. The van der Waals surface area contributed by atoms with Crippen molar-refractivity contribution in [3.63, 3.8) is 0 Å². The molecule has 1 nitrogen and oxygen atoms in total. The highest BCUT2D eigenvalue weighted by Gasteiger charge is 2.43. The fourth-order valence-corrected chi connectivity index (χ4v) is 3.89. The highest BCUT2D eigenvalue weighted by atomic mass is 15.0. The van der Waals surface area contributed by atoms with Crippen molar-refractivity contribution in [3.05, 3.63) is 35.4 Å². The zero-order valence-electron chi connectivity index (χ0n) is 11.9. The minimum atomic E-state index is 0.802. The van der Waals surface area contributed by atoms with Gasteiger partial charge in [-0.05, 0) is 74.3 Å². The third kappa shape index (κ3) is 2.45. The molecule has 0 bridgehead atoms. The first kappa shape index (κ1) is 12.0. The summed E-state index contributed by atoms with van der Waals surface area (Å²) in [6.07, 6.45) is 8.68. The molecular formula is C18H25N. The van der Waals surface area contributed by atoms with E-state index in [2.05, 4.69) is 36.5 Å². The van der Waals surface area contributed by atoms with E-state index >= 15 is 0 Å². The van der Waals surface area contributed by atoms with Gasteiger partial charge < -0.3 is 5.32 Å². The van der Waals surface area contributed by atoms with E-state index in [1.807, 2.05) is 0 Å². The maximum atomic E-state index is 4.00. The number of nitrogens with one attached hydrogen (secondary N) is 1. The van der Waals surface area contributed by atoms with Crippen LogP contribution in [0.1, 0.15) is 55.6 Å². The molecule has 1 heteroatoms. The molecule has 3 saturated carbocycles. The van der Waals surface area contributed by atoms with E-state index in [0.29, 0.717) is 0 Å². The van der Waals surface area contributed by atoms with Crippen LogP contribution in [0.2, 0.25) is 0 Å². The molecule has 19 heavy (non-hydrogen) atoms. The quantitative estimate of drug-likeness (QED) is 0.838. The van der Waals surface area contributed by atoms with E-state index in [9.17, 15) is 0 Å². The highest BCUT2D eigenvalue weighted by Crippen LogP contribution is 2.46. The van der Waals surface area contributed by atoms with Crippen molar-refractivity contribution in [1.29, 1.82) is 0 Å². The van der Waals surface area contributed by atoms with E-state index in [0.717, 1.165) is 29.8 Å². The second-order valence-corrected chi connectivity index (χ2v) is 7.09. The first-order valence-electron chi connectivity index (χ1n) is 8.13. The molecule has 0 aliphatic heterocycles. The Balaban J connectivity index is 1.34. The highest BCUT2D eigenvalue weighted by molar-refractivity contribution is 5.31. The molecule has 0 heterocycles. The summed E-state index contributed by atoms with van der Waals surface area (Å²) in [7, 11) is 0. The van der Waals surface area contributed by atoms with Gasteiger partial charge in [-0.1, -0.05) is 24.3 Å². The predicted octanol–water partition coefficient (Wildman–Crippen LogP) is 4.02. The van der Waals surface area contributed by atoms with E-state index in [4.69, 9.17) is 0 Å². The zero-order chi connectivity index (χ0) is 12.8. The summed E-state index contributed by atoms with van der Waals surface area (Å²) in [5.41, 5.74) is 3.07. The average molecular weight is 255 g/mol. The van der Waals surface area contributed by atoms with Gasteiger partial charge in [0.05, 0.1) is 0 Å². The Morgan fingerprint density at radius 2 is 1.63 bits per heavy atom. The van der Waals surface area contributed by atoms with Crippen LogP contribution in [0.25, 0.3) is 0 Å². The third-order valence-corrected chi connectivity index (χ3v) is 5.45. The van der Waals surface area contributed by atoms with E-state index in [1.54, 1.807) is 5.56 Å². The fourth-order valence-electron chi connectivity index (χ4n) is 3.89. The van der Waals surface area contributed by atoms with Gasteiger partial charge in [0.2, 0.25) is 0 Å². The molecule has 3 aliphatic carbocycles. The minimum Gasteiger partial charge on any atom is -0.311 e. The number of aryl methyl sites for hydroxylation is 1. The number of benzene rings is 1. The van der Waals surface area contributed by atoms with E-state index in [1.165, 1.54) is 44.1 Å². The van der Waals surface area contributed by atoms with Crippen LogP contribution in [0.4, 0.5) is 0 Å². The van der Waals surface area contributed by atoms with Crippen LogP contribution in [-0.2, 0) is 0 Å². The Morgan fingerprint density at radius 1 is 1.00 bits per heavy atom. The lowest BCUT2D eigenvalue weighted by Crippen LogP contribution is -2.47. The van der Waals surface area contributed by atoms with Crippen LogP contribution >= 0.6 is 0 Å². The molecule has 3 fully saturated rings. The lowest BCUT2D eigenvalue weighted by molar-refractivity contribution is 0.241. The molecule has 1 N–H and O–H groups in total. The Morgan fingerprint density at radius 3 is 2.21 bits per heavy atom. The van der Waals surface area contributed by atoms with Crippen LogP contribution in [0.15, 0.2) is 24.3 Å². The molecule has 0 saturated heterocycles. The second kappa shape index (κ2) is 4.63. The molecular weight excluding hydrogens is 230 g/mol. The first-order chi connectivity index (χ1) is 9.31. The van der Waals surface area contributed by atoms with Gasteiger partial charge in [-0.15, -0.1) is 0 Å². The van der Waals surface area contributed by atoms with E-state index < -0.39 is 0 Å². The normalized spacial score (nSPS) is 30.4. The molecule has 3 aliphatic rings. The molecule has 1 aromatic carbocycles. The maximum absolute atomic E-state index is 4.00. The molecule has 102 valence electrons. The van der Waals surface area contributed by atoms with Crippen molar-refractivity contribution >= 4 is 0 Å². The molecule has 0 radical (unpaired) electrons. The topological polar surface area (TPSA) is 12.0 Å². The van der Waals surface area contributed by atoms with Crippen molar-refractivity contribution in [2.75, 3.05) is 0 Å². The zero-order valence-corrected chi connectivity index (χ0v) is 11.9. The summed E-state index contributed by atoms with van der Waals surface area (Å²) in [6, 6.07) is 10.6. The van der Waals surface area contributed by atoms with Crippen LogP contribution in [0.3, 0.4) is 0 Å². The summed E-state index contributed by atoms with van der Waals surface area (Å²) in [6.45, 7) is 2.26. The molecule has 1 aromatic rings. The SMILES string of the molecule is Cc1ccccc1C1CC(NC(C2CC2)C2CC2)C1. The van der Waals surface area contributed by atoms with Gasteiger partial charge in [-0.25, -0.2) is 0 Å². The van der Waals surface area contributed by atoms with Gasteiger partial charge in [0, 0.05) is 12.1 Å². The summed E-state index contributed by atoms with van der Waals surface area (Å²) < 4.78 is 0. The minimum absolute atomic E-state index is 0.802. The van der Waals surface area contributed by atoms with Crippen LogP contribution in [-0.4, -0.2) is 12.1 Å². The Labute approximate surface area is 116 Å². The summed E-state index contributed by atoms with van der Waals surface area (Å²) >= 11 is 0. The van der Waals surface area contributed by atoms with Gasteiger partial charge in [0.25, 0.3) is 0 Å². The molecule has 0 spiro atoms. The fraction of sp³-hybridized carbons (Fsp3) is 0.667. The third-order valence-electron chi connectivity index (χ3n) is 5.45. The van der Waals surface area contributed by atoms with Crippen LogP contribution < -0.4 is 5.32 Å². The van der Waals surface area contributed by atoms with Crippen LogP contribution in [0, 0.1) is 18.8 Å². The average Bonchev–Trinajstić information content (AvgIpc) is 3.24. The number of hydrogen-bond acceptors (Lipinski definition) is 1. The monoisotopic (exact) mass is 255 g/mol. The lowest BCUT2D eigenvalue weighted by atomic mass is 9.74. The van der Waals surface area contributed by atoms with Gasteiger partial charge in [0.1, 0.15) is 0 Å². The van der Waals surface area contributed by atoms with Gasteiger partial charge >= 0.3 is 0 Å². The van der Waals surface area contributed by atoms with Crippen molar-refractivity contribution in [2.24, 2.45) is 11.8 Å². The van der Waals surface area contributed by atoms with Gasteiger partial charge in [0.15, 0.2) is 0 Å². The summed E-state index contributed by atoms with van der Waals surface area (Å²) in [4.78, 5) is 0. The predicted molar refractivity (Wildman–Crippen MR) is 79.3 cm³/mol. The summed E-state index contributed by atoms with van der Waals surface area (Å²) in [5.74, 6) is 2.88. The van der Waals surface area contributed by atoms with E-state index in [-0.39, 0.29) is 0 Å². The van der Waals surface area contributed by atoms with Crippen molar-refractivity contribution in [2.45, 2.75) is 63.5 Å². The number of rotatable bonds is 5. The molecule has 4 rings (SSSR count). The van der Waals surface area contributed by atoms with Gasteiger partial charge in [-0.3, -0.25) is 0 Å². The Bertz CT molecular complexity index is 441. The van der Waals surface area contributed by atoms with Crippen molar-refractivity contribution in [1.82, 2.24) is 5.32 Å². The smallest absolute Gasteiger partial charge is 0.0126 e. The van der Waals surface area contributed by atoms with Crippen molar-refractivity contribution in [3.8, 4) is 0 Å². The standard InChI is InChI=1S/C18H25N/c1-12-4-2-3-5-17(12)15-10-16(11-15)19-18(13-6-7-13)14-8-9-14/h2-5,13-16,18-19H,6-11H2,1H3. The summed E-state index contributed by atoms with van der Waals surface area (Å²) in [5, 5.41) is 4.00. The van der Waals surface area contributed by atoms with Gasteiger partial charge in [-0.2, -0.15) is 0 Å². The lowest BCUT2D eigenvalue weighted by Gasteiger charge is -2.39. The molecule has 0 amide bonds. The van der Waals surface area contributed by atoms with Crippen molar-refractivity contribution < 1.29 is 0 Å². The second-order valence-electron chi connectivity index (χ2n) is 7.09. The largest absolute Gasteiger partial charge is 0.311 e. The maximum Gasteiger partial charge on any atom is 0.0126 e.